The van der Waals surface area contributed by atoms with E-state index in [1.165, 1.54) is 5.56 Å². The highest BCUT2D eigenvalue weighted by Crippen LogP contribution is 2.44. The number of piperidine rings is 1. The Morgan fingerprint density at radius 3 is 2.39 bits per heavy atom. The molecule has 33 heavy (non-hydrogen) atoms. The van der Waals surface area contributed by atoms with Crippen molar-refractivity contribution in [2.45, 2.75) is 50.7 Å². The number of carbonyl (C=O) groups excluding carboxylic acids is 2. The Bertz CT molecular complexity index is 963. The molecule has 2 aliphatic rings. The van der Waals surface area contributed by atoms with E-state index in [9.17, 15) is 9.59 Å². The standard InChI is InChI=1S/C26H32ClN3O2S/c1-18(2)25(32)30-23(17-33-26(30)21-10-6-7-11-22(21)27)24(31)28-20-12-14-29(15-13-20)16-19-8-4-3-5-9-19/h3-11,18,20,23,26H,12-17H2,1-2H3,(H,28,31). The van der Waals surface area contributed by atoms with Crippen molar-refractivity contribution in [3.63, 3.8) is 0 Å². The highest BCUT2D eigenvalue weighted by Gasteiger charge is 2.43. The predicted octanol–water partition coefficient (Wildman–Crippen LogP) is 4.72. The summed E-state index contributed by atoms with van der Waals surface area (Å²) in [6.45, 7) is 6.61. The van der Waals surface area contributed by atoms with E-state index < -0.39 is 6.04 Å². The summed E-state index contributed by atoms with van der Waals surface area (Å²) in [5.41, 5.74) is 2.21. The van der Waals surface area contributed by atoms with Gasteiger partial charge in [0.05, 0.1) is 0 Å². The maximum atomic E-state index is 13.3. The second kappa shape index (κ2) is 10.9. The van der Waals surface area contributed by atoms with Gasteiger partial charge in [0.2, 0.25) is 11.8 Å². The number of hydrogen-bond acceptors (Lipinski definition) is 4. The van der Waals surface area contributed by atoms with Crippen molar-refractivity contribution >= 4 is 35.2 Å². The summed E-state index contributed by atoms with van der Waals surface area (Å²) >= 11 is 8.07. The van der Waals surface area contributed by atoms with Gasteiger partial charge >= 0.3 is 0 Å². The zero-order valence-electron chi connectivity index (χ0n) is 19.2. The molecule has 7 heteroatoms. The van der Waals surface area contributed by atoms with E-state index >= 15 is 0 Å². The topological polar surface area (TPSA) is 52.7 Å². The fraction of sp³-hybridized carbons (Fsp3) is 0.462. The Labute approximate surface area is 205 Å². The molecule has 0 bridgehead atoms. The Morgan fingerprint density at radius 1 is 1.06 bits per heavy atom. The molecule has 2 saturated heterocycles. The van der Waals surface area contributed by atoms with Crippen LogP contribution in [0.15, 0.2) is 54.6 Å². The van der Waals surface area contributed by atoms with Gasteiger partial charge in [0.15, 0.2) is 0 Å². The maximum Gasteiger partial charge on any atom is 0.243 e. The lowest BCUT2D eigenvalue weighted by Crippen LogP contribution is -2.53. The van der Waals surface area contributed by atoms with E-state index in [4.69, 9.17) is 11.6 Å². The summed E-state index contributed by atoms with van der Waals surface area (Å²) in [4.78, 5) is 30.7. The molecule has 1 N–H and O–H groups in total. The summed E-state index contributed by atoms with van der Waals surface area (Å²) in [5.74, 6) is 0.327. The van der Waals surface area contributed by atoms with Crippen LogP contribution in [0.2, 0.25) is 5.02 Å². The number of hydrogen-bond donors (Lipinski definition) is 1. The van der Waals surface area contributed by atoms with Crippen LogP contribution in [0.1, 0.15) is 43.2 Å². The van der Waals surface area contributed by atoms with E-state index in [0.29, 0.717) is 10.8 Å². The molecule has 2 unspecified atom stereocenters. The lowest BCUT2D eigenvalue weighted by Gasteiger charge is -2.35. The zero-order chi connectivity index (χ0) is 23.4. The molecular weight excluding hydrogens is 454 g/mol. The lowest BCUT2D eigenvalue weighted by molar-refractivity contribution is -0.142. The molecule has 176 valence electrons. The highest BCUT2D eigenvalue weighted by molar-refractivity contribution is 7.99. The number of benzene rings is 2. The molecule has 0 saturated carbocycles. The molecule has 0 aromatic heterocycles. The smallest absolute Gasteiger partial charge is 0.243 e. The average Bonchev–Trinajstić information content (AvgIpc) is 3.25. The number of nitrogens with zero attached hydrogens (tertiary/aromatic N) is 2. The van der Waals surface area contributed by atoms with Gasteiger partial charge in [-0.1, -0.05) is 74.0 Å². The number of carbonyl (C=O) groups is 2. The van der Waals surface area contributed by atoms with Crippen LogP contribution in [0.5, 0.6) is 0 Å². The monoisotopic (exact) mass is 485 g/mol. The van der Waals surface area contributed by atoms with Gasteiger partial charge < -0.3 is 10.2 Å². The van der Waals surface area contributed by atoms with Gasteiger partial charge in [-0.15, -0.1) is 11.8 Å². The molecule has 2 atom stereocenters. The number of rotatable bonds is 6. The first-order valence-corrected chi connectivity index (χ1v) is 13.1. The fourth-order valence-corrected chi connectivity index (χ4v) is 6.34. The highest BCUT2D eigenvalue weighted by atomic mass is 35.5. The molecule has 4 rings (SSSR count). The largest absolute Gasteiger partial charge is 0.351 e. The first-order chi connectivity index (χ1) is 15.9. The molecule has 0 radical (unpaired) electrons. The predicted molar refractivity (Wildman–Crippen MR) is 135 cm³/mol. The third-order valence-electron chi connectivity index (χ3n) is 6.41. The number of amides is 2. The first-order valence-electron chi connectivity index (χ1n) is 11.7. The van der Waals surface area contributed by atoms with Gasteiger partial charge in [-0.3, -0.25) is 14.5 Å². The molecule has 2 aromatic carbocycles. The van der Waals surface area contributed by atoms with Crippen LogP contribution in [0.25, 0.3) is 0 Å². The minimum absolute atomic E-state index is 0.0113. The van der Waals surface area contributed by atoms with Crippen molar-refractivity contribution < 1.29 is 9.59 Å². The third kappa shape index (κ3) is 5.73. The van der Waals surface area contributed by atoms with Crippen LogP contribution < -0.4 is 5.32 Å². The summed E-state index contributed by atoms with van der Waals surface area (Å²) in [6, 6.07) is 17.8. The summed E-state index contributed by atoms with van der Waals surface area (Å²) in [6.07, 6.45) is 1.84. The zero-order valence-corrected chi connectivity index (χ0v) is 20.8. The van der Waals surface area contributed by atoms with E-state index in [0.717, 1.165) is 38.0 Å². The summed E-state index contributed by atoms with van der Waals surface area (Å²) < 4.78 is 0. The maximum absolute atomic E-state index is 13.3. The SMILES string of the molecule is CC(C)C(=O)N1C(C(=O)NC2CCN(Cc3ccccc3)CC2)CSC1c1ccccc1Cl. The molecular formula is C26H32ClN3O2S. The first kappa shape index (κ1) is 24.1. The molecule has 2 fully saturated rings. The quantitative estimate of drug-likeness (QED) is 0.643. The number of thioether (sulfide) groups is 1. The van der Waals surface area contributed by atoms with E-state index in [-0.39, 0.29) is 29.1 Å². The van der Waals surface area contributed by atoms with Crippen LogP contribution in [0, 0.1) is 5.92 Å². The van der Waals surface area contributed by atoms with Crippen molar-refractivity contribution in [2.75, 3.05) is 18.8 Å². The van der Waals surface area contributed by atoms with Crippen LogP contribution in [-0.4, -0.2) is 52.5 Å². The van der Waals surface area contributed by atoms with Crippen molar-refractivity contribution in [1.82, 2.24) is 15.1 Å². The molecule has 2 amide bonds. The minimum Gasteiger partial charge on any atom is -0.351 e. The Kier molecular flexibility index (Phi) is 7.99. The van der Waals surface area contributed by atoms with Gasteiger partial charge in [-0.05, 0) is 24.5 Å². The lowest BCUT2D eigenvalue weighted by atomic mass is 10.0. The molecule has 0 spiro atoms. The average molecular weight is 486 g/mol. The second-order valence-corrected chi connectivity index (χ2v) is 10.7. The van der Waals surface area contributed by atoms with Crippen LogP contribution in [-0.2, 0) is 16.1 Å². The summed E-state index contributed by atoms with van der Waals surface area (Å²) in [5, 5.41) is 3.64. The van der Waals surface area contributed by atoms with E-state index in [2.05, 4.69) is 34.5 Å². The van der Waals surface area contributed by atoms with E-state index in [1.54, 1.807) is 16.7 Å². The van der Waals surface area contributed by atoms with Gasteiger partial charge in [0.1, 0.15) is 11.4 Å². The van der Waals surface area contributed by atoms with Gasteiger partial charge in [-0.25, -0.2) is 0 Å². The number of likely N-dealkylation sites (tertiary alicyclic amines) is 1. The molecule has 5 nitrogen and oxygen atoms in total. The number of nitrogens with one attached hydrogen (secondary N) is 1. The Morgan fingerprint density at radius 2 is 1.73 bits per heavy atom. The van der Waals surface area contributed by atoms with Gasteiger partial charge in [0.25, 0.3) is 0 Å². The third-order valence-corrected chi connectivity index (χ3v) is 8.05. The van der Waals surface area contributed by atoms with Crippen LogP contribution in [0.4, 0.5) is 0 Å². The molecule has 0 aliphatic carbocycles. The molecule has 2 aliphatic heterocycles. The Hall–Kier alpha value is -2.02. The number of halogens is 1. The van der Waals surface area contributed by atoms with Crippen molar-refractivity contribution in [2.24, 2.45) is 5.92 Å². The molecule has 2 aromatic rings. The summed E-state index contributed by atoms with van der Waals surface area (Å²) in [7, 11) is 0. The normalized spacial score (nSPS) is 22.0. The van der Waals surface area contributed by atoms with Gasteiger partial charge in [-0.2, -0.15) is 0 Å². The van der Waals surface area contributed by atoms with E-state index in [1.807, 2.05) is 44.2 Å². The van der Waals surface area contributed by atoms with Crippen molar-refractivity contribution in [3.05, 3.63) is 70.7 Å². The fourth-order valence-electron chi connectivity index (χ4n) is 4.57. The van der Waals surface area contributed by atoms with Crippen LogP contribution >= 0.6 is 23.4 Å². The van der Waals surface area contributed by atoms with Crippen molar-refractivity contribution in [3.8, 4) is 0 Å². The Balaban J connectivity index is 1.39. The molecule has 2 heterocycles. The van der Waals surface area contributed by atoms with Crippen LogP contribution in [0.3, 0.4) is 0 Å². The minimum atomic E-state index is -0.478. The van der Waals surface area contributed by atoms with Gasteiger partial charge in [0, 0.05) is 47.9 Å². The second-order valence-electron chi connectivity index (χ2n) is 9.17. The van der Waals surface area contributed by atoms with Crippen molar-refractivity contribution in [1.29, 1.82) is 0 Å².